The van der Waals surface area contributed by atoms with Crippen molar-refractivity contribution in [3.8, 4) is 0 Å². The molecule has 4 unspecified atom stereocenters. The lowest BCUT2D eigenvalue weighted by atomic mass is 9.69. The predicted octanol–water partition coefficient (Wildman–Crippen LogP) is 3.18. The Balaban J connectivity index is 1.51. The van der Waals surface area contributed by atoms with Crippen LogP contribution in [0.4, 0.5) is 4.79 Å². The molecule has 7 heteroatoms. The van der Waals surface area contributed by atoms with Gasteiger partial charge in [0, 0.05) is 45.2 Å². The molecule has 0 aromatic heterocycles. The summed E-state index contributed by atoms with van der Waals surface area (Å²) in [5.74, 6) is 1.92. The van der Waals surface area contributed by atoms with Crippen molar-refractivity contribution in [2.45, 2.75) is 78.9 Å². The minimum absolute atomic E-state index is 0.0987. The lowest BCUT2D eigenvalue weighted by molar-refractivity contribution is -0.134. The number of amides is 3. The number of urea groups is 1. The van der Waals surface area contributed by atoms with E-state index in [4.69, 9.17) is 0 Å². The van der Waals surface area contributed by atoms with Crippen molar-refractivity contribution in [1.29, 1.82) is 0 Å². The van der Waals surface area contributed by atoms with Crippen molar-refractivity contribution < 1.29 is 9.59 Å². The zero-order valence-corrected chi connectivity index (χ0v) is 21.5. The highest BCUT2D eigenvalue weighted by Gasteiger charge is 2.34. The number of nitrogens with one attached hydrogen (secondary N) is 3. The summed E-state index contributed by atoms with van der Waals surface area (Å²) in [5, 5.41) is 9.59. The van der Waals surface area contributed by atoms with Crippen LogP contribution in [0, 0.1) is 23.7 Å². The van der Waals surface area contributed by atoms with Crippen LogP contribution in [0.2, 0.25) is 0 Å². The van der Waals surface area contributed by atoms with Crippen LogP contribution < -0.4 is 16.0 Å². The number of allylic oxidation sites excluding steroid dienone is 1. The summed E-state index contributed by atoms with van der Waals surface area (Å²) in [7, 11) is 0. The molecule has 2 fully saturated rings. The van der Waals surface area contributed by atoms with Gasteiger partial charge in [0.1, 0.15) is 0 Å². The molecule has 1 aliphatic carbocycles. The summed E-state index contributed by atoms with van der Waals surface area (Å²) in [5.41, 5.74) is 1.31. The van der Waals surface area contributed by atoms with Crippen LogP contribution in [0.1, 0.15) is 66.7 Å². The van der Waals surface area contributed by atoms with Crippen LogP contribution in [0.15, 0.2) is 11.6 Å². The molecule has 188 valence electrons. The molecule has 0 aromatic carbocycles. The Morgan fingerprint density at radius 3 is 2.45 bits per heavy atom. The summed E-state index contributed by atoms with van der Waals surface area (Å²) in [6, 6.07) is 0.0316. The highest BCUT2D eigenvalue weighted by atomic mass is 16.2. The second-order valence-electron chi connectivity index (χ2n) is 11.0. The fraction of sp³-hybridized carbons (Fsp3) is 0.846. The third-order valence-corrected chi connectivity index (χ3v) is 7.82. The van der Waals surface area contributed by atoms with Crippen LogP contribution in [-0.4, -0.2) is 73.2 Å². The summed E-state index contributed by atoms with van der Waals surface area (Å²) < 4.78 is 0. The Morgan fingerprint density at radius 2 is 1.85 bits per heavy atom. The Morgan fingerprint density at radius 1 is 1.12 bits per heavy atom. The van der Waals surface area contributed by atoms with Crippen LogP contribution in [0.25, 0.3) is 0 Å². The minimum atomic E-state index is -0.0987. The number of nitrogens with zero attached hydrogens (tertiary/aromatic N) is 2. The van der Waals surface area contributed by atoms with Crippen molar-refractivity contribution in [3.63, 3.8) is 0 Å². The quantitative estimate of drug-likeness (QED) is 0.509. The van der Waals surface area contributed by atoms with Gasteiger partial charge in [0.15, 0.2) is 0 Å². The molecule has 0 bridgehead atoms. The predicted molar refractivity (Wildman–Crippen MR) is 134 cm³/mol. The van der Waals surface area contributed by atoms with Crippen molar-refractivity contribution in [2.75, 3.05) is 39.3 Å². The molecule has 2 saturated heterocycles. The van der Waals surface area contributed by atoms with Gasteiger partial charge in [-0.25, -0.2) is 4.79 Å². The average molecular weight is 462 g/mol. The first kappa shape index (κ1) is 26.0. The van der Waals surface area contributed by atoms with E-state index in [9.17, 15) is 9.59 Å². The topological polar surface area (TPSA) is 76.7 Å². The second kappa shape index (κ2) is 12.2. The van der Waals surface area contributed by atoms with Gasteiger partial charge >= 0.3 is 6.03 Å². The molecular weight excluding hydrogens is 414 g/mol. The highest BCUT2D eigenvalue weighted by molar-refractivity contribution is 5.77. The largest absolute Gasteiger partial charge is 0.340 e. The van der Waals surface area contributed by atoms with E-state index in [0.717, 1.165) is 39.1 Å². The van der Waals surface area contributed by atoms with Crippen molar-refractivity contribution >= 4 is 11.9 Å². The van der Waals surface area contributed by atoms with Gasteiger partial charge in [-0.2, -0.15) is 0 Å². The number of piperazine rings is 1. The molecule has 4 atom stereocenters. The maximum absolute atomic E-state index is 13.2. The Bertz CT molecular complexity index is 678. The lowest BCUT2D eigenvalue weighted by Crippen LogP contribution is -2.57. The smallest absolute Gasteiger partial charge is 0.315 e. The van der Waals surface area contributed by atoms with E-state index in [1.54, 1.807) is 0 Å². The van der Waals surface area contributed by atoms with E-state index in [1.807, 2.05) is 13.8 Å². The number of piperidine rings is 1. The maximum atomic E-state index is 13.2. The monoisotopic (exact) mass is 461 g/mol. The summed E-state index contributed by atoms with van der Waals surface area (Å²) >= 11 is 0. The first-order chi connectivity index (χ1) is 15.7. The van der Waals surface area contributed by atoms with Crippen LogP contribution in [0.3, 0.4) is 0 Å². The van der Waals surface area contributed by atoms with E-state index in [2.05, 4.69) is 52.6 Å². The van der Waals surface area contributed by atoms with Crippen LogP contribution >= 0.6 is 0 Å². The number of rotatable bonds is 7. The zero-order chi connectivity index (χ0) is 24.0. The van der Waals surface area contributed by atoms with E-state index in [-0.39, 0.29) is 12.1 Å². The first-order valence-corrected chi connectivity index (χ1v) is 13.2. The van der Waals surface area contributed by atoms with Gasteiger partial charge in [-0.1, -0.05) is 25.5 Å². The van der Waals surface area contributed by atoms with Crippen molar-refractivity contribution in [1.82, 2.24) is 25.8 Å². The molecule has 0 aromatic rings. The molecule has 7 nitrogen and oxygen atoms in total. The number of hydrogen-bond donors (Lipinski definition) is 3. The molecule has 2 heterocycles. The molecular formula is C26H47N5O2. The molecule has 3 N–H and O–H groups in total. The van der Waals surface area contributed by atoms with Gasteiger partial charge in [0.2, 0.25) is 5.91 Å². The first-order valence-electron chi connectivity index (χ1n) is 13.2. The molecule has 0 radical (unpaired) electrons. The molecule has 0 spiro atoms. The molecule has 0 saturated carbocycles. The van der Waals surface area contributed by atoms with E-state index < -0.39 is 0 Å². The van der Waals surface area contributed by atoms with Gasteiger partial charge < -0.3 is 20.9 Å². The minimum Gasteiger partial charge on any atom is -0.340 e. The fourth-order valence-electron chi connectivity index (χ4n) is 5.80. The number of hydrogen-bond acceptors (Lipinski definition) is 4. The van der Waals surface area contributed by atoms with Crippen molar-refractivity contribution in [3.05, 3.63) is 11.6 Å². The van der Waals surface area contributed by atoms with E-state index in [0.29, 0.717) is 48.7 Å². The van der Waals surface area contributed by atoms with Crippen molar-refractivity contribution in [2.24, 2.45) is 23.7 Å². The van der Waals surface area contributed by atoms with Crippen LogP contribution in [0.5, 0.6) is 0 Å². The third-order valence-electron chi connectivity index (χ3n) is 7.82. The molecule has 3 aliphatic rings. The normalized spacial score (nSPS) is 29.2. The summed E-state index contributed by atoms with van der Waals surface area (Å²) in [4.78, 5) is 29.8. The summed E-state index contributed by atoms with van der Waals surface area (Å²) in [6.45, 7) is 16.0. The molecule has 33 heavy (non-hydrogen) atoms. The fourth-order valence-corrected chi connectivity index (χ4v) is 5.80. The molecule has 3 amide bonds. The van der Waals surface area contributed by atoms with E-state index >= 15 is 0 Å². The van der Waals surface area contributed by atoms with E-state index in [1.165, 1.54) is 24.8 Å². The van der Waals surface area contributed by atoms with Gasteiger partial charge in [-0.3, -0.25) is 9.69 Å². The number of carbonyl (C=O) groups excluding carboxylic acids is 2. The summed E-state index contributed by atoms with van der Waals surface area (Å²) in [6.07, 6.45) is 8.28. The van der Waals surface area contributed by atoms with Crippen LogP contribution in [-0.2, 0) is 4.79 Å². The lowest BCUT2D eigenvalue weighted by Gasteiger charge is -2.42. The molecule has 2 aliphatic heterocycles. The molecule has 3 rings (SSSR count). The maximum Gasteiger partial charge on any atom is 0.315 e. The Hall–Kier alpha value is -1.60. The highest BCUT2D eigenvalue weighted by Crippen LogP contribution is 2.39. The number of carbonyl (C=O) groups is 2. The van der Waals surface area contributed by atoms with Gasteiger partial charge in [0.25, 0.3) is 0 Å². The standard InChI is InChI=1S/C26H47N5O2/c1-18(2)23-15-21(20(5)14-22(23)17-28-26(33)29-19(3)4)16-25(32)31-12-10-30(11-13-31)24-8-6-7-9-27-24/h14,18-19,21-24,27H,6-13,15-17H2,1-5H3,(H2,28,29,33). The second-order valence-corrected chi connectivity index (χ2v) is 11.0. The van der Waals surface area contributed by atoms with Gasteiger partial charge in [0.05, 0.1) is 6.17 Å². The zero-order valence-electron chi connectivity index (χ0n) is 21.5. The third kappa shape index (κ3) is 7.44. The van der Waals surface area contributed by atoms with Gasteiger partial charge in [-0.15, -0.1) is 0 Å². The Kier molecular flexibility index (Phi) is 9.62. The Labute approximate surface area is 201 Å². The SMILES string of the molecule is CC1=CC(CNC(=O)NC(C)C)C(C(C)C)CC1CC(=O)N1CCN(C2CCCCN2)CC1. The average Bonchev–Trinajstić information content (AvgIpc) is 2.79. The van der Waals surface area contributed by atoms with Gasteiger partial charge in [-0.05, 0) is 76.7 Å².